The number of amides is 1. The Labute approximate surface area is 133 Å². The van der Waals surface area contributed by atoms with Gasteiger partial charge in [0.25, 0.3) is 5.69 Å². The lowest BCUT2D eigenvalue weighted by Gasteiger charge is -2.16. The van der Waals surface area contributed by atoms with Crippen LogP contribution in [-0.2, 0) is 17.8 Å². The van der Waals surface area contributed by atoms with E-state index in [9.17, 15) is 14.9 Å². The molecular weight excluding hydrogens is 294 g/mol. The van der Waals surface area contributed by atoms with Crippen LogP contribution in [-0.4, -0.2) is 17.4 Å². The van der Waals surface area contributed by atoms with Gasteiger partial charge in [0.05, 0.1) is 4.92 Å². The van der Waals surface area contributed by atoms with Gasteiger partial charge in [-0.15, -0.1) is 0 Å². The van der Waals surface area contributed by atoms with Crippen LogP contribution in [0.5, 0.6) is 0 Å². The maximum absolute atomic E-state index is 11.7. The minimum absolute atomic E-state index is 0.0464. The summed E-state index contributed by atoms with van der Waals surface area (Å²) < 4.78 is 0. The largest absolute Gasteiger partial charge is 0.375 e. The topological polar surface area (TPSA) is 75.5 Å². The predicted octanol–water partition coefficient (Wildman–Crippen LogP) is 3.12. The van der Waals surface area contributed by atoms with E-state index in [0.717, 1.165) is 16.8 Å². The summed E-state index contributed by atoms with van der Waals surface area (Å²) in [7, 11) is 0. The van der Waals surface area contributed by atoms with E-state index in [1.165, 1.54) is 6.92 Å². The first kappa shape index (κ1) is 15.0. The number of rotatable bonds is 4. The van der Waals surface area contributed by atoms with Crippen molar-refractivity contribution < 1.29 is 9.72 Å². The average molecular weight is 311 g/mol. The van der Waals surface area contributed by atoms with Gasteiger partial charge in [-0.3, -0.25) is 14.9 Å². The maximum Gasteiger partial charge on any atom is 0.292 e. The molecule has 0 saturated heterocycles. The van der Waals surface area contributed by atoms with Crippen molar-refractivity contribution in [2.75, 3.05) is 16.8 Å². The lowest BCUT2D eigenvalue weighted by Crippen LogP contribution is -2.25. The molecule has 0 aliphatic carbocycles. The first-order chi connectivity index (χ1) is 11.1. The van der Waals surface area contributed by atoms with Gasteiger partial charge >= 0.3 is 0 Å². The molecule has 0 radical (unpaired) electrons. The van der Waals surface area contributed by atoms with Crippen LogP contribution in [0.2, 0.25) is 0 Å². The Balaban J connectivity index is 1.93. The second-order valence-corrected chi connectivity index (χ2v) is 5.51. The average Bonchev–Trinajstić information content (AvgIpc) is 2.96. The SMILES string of the molecule is CC(=O)N1CCc2cc([N+](=O)[O-])c(NCc3ccccc3)cc21. The predicted molar refractivity (Wildman–Crippen MR) is 88.6 cm³/mol. The van der Waals surface area contributed by atoms with Crippen LogP contribution in [0.25, 0.3) is 0 Å². The number of anilines is 2. The molecule has 0 aromatic heterocycles. The van der Waals surface area contributed by atoms with Crippen molar-refractivity contribution in [2.24, 2.45) is 0 Å². The van der Waals surface area contributed by atoms with E-state index in [4.69, 9.17) is 0 Å². The number of nitro groups is 1. The summed E-state index contributed by atoms with van der Waals surface area (Å²) in [5.74, 6) is -0.0494. The second kappa shape index (κ2) is 6.08. The minimum Gasteiger partial charge on any atom is -0.375 e. The molecule has 0 bridgehead atoms. The molecule has 6 nitrogen and oxygen atoms in total. The molecule has 2 aromatic carbocycles. The smallest absolute Gasteiger partial charge is 0.292 e. The van der Waals surface area contributed by atoms with E-state index in [1.54, 1.807) is 17.0 Å². The van der Waals surface area contributed by atoms with Gasteiger partial charge in [-0.1, -0.05) is 30.3 Å². The summed E-state index contributed by atoms with van der Waals surface area (Å²) in [6.45, 7) is 2.57. The molecule has 1 heterocycles. The van der Waals surface area contributed by atoms with E-state index in [2.05, 4.69) is 5.32 Å². The molecule has 6 heteroatoms. The quantitative estimate of drug-likeness (QED) is 0.695. The monoisotopic (exact) mass is 311 g/mol. The number of nitrogens with one attached hydrogen (secondary N) is 1. The number of carbonyl (C=O) groups is 1. The Hall–Kier alpha value is -2.89. The maximum atomic E-state index is 11.7. The lowest BCUT2D eigenvalue weighted by atomic mass is 10.1. The molecule has 1 aliphatic rings. The fourth-order valence-electron chi connectivity index (χ4n) is 2.84. The van der Waals surface area contributed by atoms with Gasteiger partial charge in [0.2, 0.25) is 5.91 Å². The van der Waals surface area contributed by atoms with E-state index >= 15 is 0 Å². The molecule has 1 amide bonds. The van der Waals surface area contributed by atoms with Crippen molar-refractivity contribution >= 4 is 23.0 Å². The van der Waals surface area contributed by atoms with Crippen molar-refractivity contribution in [2.45, 2.75) is 19.9 Å². The van der Waals surface area contributed by atoms with Crippen LogP contribution in [0.1, 0.15) is 18.1 Å². The number of carbonyl (C=O) groups excluding carboxylic acids is 1. The number of nitro benzene ring substituents is 1. The van der Waals surface area contributed by atoms with Gasteiger partial charge < -0.3 is 10.2 Å². The highest BCUT2D eigenvalue weighted by Crippen LogP contribution is 2.37. The Bertz CT molecular complexity index is 759. The normalized spacial score (nSPS) is 12.8. The Morgan fingerprint density at radius 3 is 2.70 bits per heavy atom. The van der Waals surface area contributed by atoms with Crippen LogP contribution in [0.4, 0.5) is 17.1 Å². The van der Waals surface area contributed by atoms with Gasteiger partial charge in [-0.05, 0) is 23.6 Å². The number of nitrogens with zero attached hydrogens (tertiary/aromatic N) is 2. The summed E-state index contributed by atoms with van der Waals surface area (Å²) in [6, 6.07) is 13.0. The molecule has 1 N–H and O–H groups in total. The van der Waals surface area contributed by atoms with Crippen molar-refractivity contribution in [3.05, 3.63) is 63.7 Å². The van der Waals surface area contributed by atoms with Gasteiger partial charge in [-0.25, -0.2) is 0 Å². The van der Waals surface area contributed by atoms with Gasteiger partial charge in [-0.2, -0.15) is 0 Å². The van der Waals surface area contributed by atoms with Crippen molar-refractivity contribution in [3.63, 3.8) is 0 Å². The van der Waals surface area contributed by atoms with E-state index in [0.29, 0.717) is 25.2 Å². The third-order valence-corrected chi connectivity index (χ3v) is 4.00. The van der Waals surface area contributed by atoms with Crippen molar-refractivity contribution in [1.82, 2.24) is 0 Å². The summed E-state index contributed by atoms with van der Waals surface area (Å²) in [5.41, 5.74) is 3.12. The standard InChI is InChI=1S/C17H17N3O3/c1-12(21)19-8-7-14-9-17(20(22)23)15(10-16(14)19)18-11-13-5-3-2-4-6-13/h2-6,9-10,18H,7-8,11H2,1H3. The molecule has 3 rings (SSSR count). The van der Waals surface area contributed by atoms with Crippen LogP contribution in [0, 0.1) is 10.1 Å². The van der Waals surface area contributed by atoms with Gasteiger partial charge in [0.1, 0.15) is 5.69 Å². The van der Waals surface area contributed by atoms with Crippen LogP contribution < -0.4 is 10.2 Å². The number of hydrogen-bond acceptors (Lipinski definition) is 4. The van der Waals surface area contributed by atoms with Gasteiger partial charge in [0.15, 0.2) is 0 Å². The first-order valence-electron chi connectivity index (χ1n) is 7.43. The van der Waals surface area contributed by atoms with Crippen LogP contribution >= 0.6 is 0 Å². The lowest BCUT2D eigenvalue weighted by molar-refractivity contribution is -0.384. The molecule has 118 valence electrons. The van der Waals surface area contributed by atoms with E-state index < -0.39 is 0 Å². The molecule has 0 spiro atoms. The molecule has 23 heavy (non-hydrogen) atoms. The fraction of sp³-hybridized carbons (Fsp3) is 0.235. The van der Waals surface area contributed by atoms with E-state index in [1.807, 2.05) is 30.3 Å². The van der Waals surface area contributed by atoms with Gasteiger partial charge in [0, 0.05) is 31.8 Å². The van der Waals surface area contributed by atoms with Crippen molar-refractivity contribution in [1.29, 1.82) is 0 Å². The summed E-state index contributed by atoms with van der Waals surface area (Å²) in [5, 5.41) is 14.5. The Morgan fingerprint density at radius 2 is 2.04 bits per heavy atom. The molecule has 0 saturated carbocycles. The third kappa shape index (κ3) is 3.01. The molecule has 0 unspecified atom stereocenters. The summed E-state index contributed by atoms with van der Waals surface area (Å²) in [6.07, 6.45) is 0.648. The molecule has 0 fully saturated rings. The summed E-state index contributed by atoms with van der Waals surface area (Å²) >= 11 is 0. The summed E-state index contributed by atoms with van der Waals surface area (Å²) in [4.78, 5) is 24.3. The zero-order valence-corrected chi connectivity index (χ0v) is 12.8. The van der Waals surface area contributed by atoms with Crippen LogP contribution in [0.15, 0.2) is 42.5 Å². The second-order valence-electron chi connectivity index (χ2n) is 5.51. The molecule has 2 aromatic rings. The van der Waals surface area contributed by atoms with Crippen LogP contribution in [0.3, 0.4) is 0 Å². The highest BCUT2D eigenvalue weighted by Gasteiger charge is 2.27. The zero-order valence-electron chi connectivity index (χ0n) is 12.8. The molecule has 0 atom stereocenters. The third-order valence-electron chi connectivity index (χ3n) is 4.00. The Kier molecular flexibility index (Phi) is 3.97. The molecular formula is C17H17N3O3. The first-order valence-corrected chi connectivity index (χ1v) is 7.43. The molecule has 1 aliphatic heterocycles. The van der Waals surface area contributed by atoms with E-state index in [-0.39, 0.29) is 16.5 Å². The Morgan fingerprint density at radius 1 is 1.30 bits per heavy atom. The zero-order chi connectivity index (χ0) is 16.4. The minimum atomic E-state index is -0.385. The number of fused-ring (bicyclic) bond motifs is 1. The number of benzene rings is 2. The fourth-order valence-corrected chi connectivity index (χ4v) is 2.84. The highest BCUT2D eigenvalue weighted by atomic mass is 16.6. The highest BCUT2D eigenvalue weighted by molar-refractivity contribution is 5.95. The van der Waals surface area contributed by atoms with Crippen molar-refractivity contribution in [3.8, 4) is 0 Å². The number of hydrogen-bond donors (Lipinski definition) is 1.